The van der Waals surface area contributed by atoms with Crippen molar-refractivity contribution in [1.82, 2.24) is 0 Å². The number of carboxylic acid groups (broad SMARTS) is 1. The van der Waals surface area contributed by atoms with Crippen molar-refractivity contribution in [3.63, 3.8) is 0 Å². The second-order valence-electron chi connectivity index (χ2n) is 11.9. The zero-order chi connectivity index (χ0) is 26.4. The molecule has 1 saturated carbocycles. The molecule has 0 radical (unpaired) electrons. The third-order valence-electron chi connectivity index (χ3n) is 11.0. The van der Waals surface area contributed by atoms with Crippen molar-refractivity contribution in [3.05, 3.63) is 71.3 Å². The summed E-state index contributed by atoms with van der Waals surface area (Å²) in [5.41, 5.74) is -0.932. The molecule has 1 fully saturated rings. The molecule has 2 aromatic rings. The summed E-state index contributed by atoms with van der Waals surface area (Å²) < 4.78 is 0. The number of carbonyl (C=O) groups excluding carboxylic acids is 1. The first kappa shape index (κ1) is 27.2. The fraction of sp³-hybridized carbons (Fsp3) is 0.562. The van der Waals surface area contributed by atoms with Crippen molar-refractivity contribution >= 4 is 11.8 Å². The summed E-state index contributed by atoms with van der Waals surface area (Å²) in [5.74, 6) is -1.02. The summed E-state index contributed by atoms with van der Waals surface area (Å²) in [6.07, 6.45) is 1.99. The lowest BCUT2D eigenvalue weighted by Crippen LogP contribution is -2.74. The number of Topliss-reactive ketones (excluding diaryl/α,β-unsaturated/α-hetero) is 1. The molecule has 0 aliphatic heterocycles. The van der Waals surface area contributed by atoms with E-state index in [-0.39, 0.29) is 11.7 Å². The molecule has 2 aromatic carbocycles. The first-order chi connectivity index (χ1) is 16.3. The van der Waals surface area contributed by atoms with Crippen LogP contribution in [0.2, 0.25) is 0 Å². The lowest BCUT2D eigenvalue weighted by Gasteiger charge is -2.74. The highest BCUT2D eigenvalue weighted by Gasteiger charge is 2.78. The predicted octanol–water partition coefficient (Wildman–Crippen LogP) is 8.32. The van der Waals surface area contributed by atoms with E-state index in [0.29, 0.717) is 18.4 Å². The van der Waals surface area contributed by atoms with E-state index in [1.54, 1.807) is 0 Å². The molecule has 3 rings (SSSR count). The number of rotatable bonds is 7. The van der Waals surface area contributed by atoms with Crippen molar-refractivity contribution in [2.45, 2.75) is 87.5 Å². The molecule has 1 aliphatic carbocycles. The standard InChI is InChI=1S/C32H44O3/c1-10-29(7)28(5,6)25(23-20-18-22(4)19-21-23)30(8,27(34)35)32(11-2,12-3)31(29,9)26(33)24-16-14-13-15-17-24/h13-21,25H,10-12H2,1-9H3,(H,34,35). The Morgan fingerprint density at radius 1 is 0.800 bits per heavy atom. The first-order valence-electron chi connectivity index (χ1n) is 13.2. The number of ketones is 1. The molecule has 35 heavy (non-hydrogen) atoms. The van der Waals surface area contributed by atoms with Gasteiger partial charge in [-0.25, -0.2) is 0 Å². The number of aliphatic carboxylic acids is 1. The summed E-state index contributed by atoms with van der Waals surface area (Å²) >= 11 is 0. The zero-order valence-electron chi connectivity index (χ0n) is 23.2. The van der Waals surface area contributed by atoms with Crippen molar-refractivity contribution in [1.29, 1.82) is 0 Å². The molecule has 0 saturated heterocycles. The maximum atomic E-state index is 14.7. The molecule has 0 spiro atoms. The van der Waals surface area contributed by atoms with Crippen LogP contribution in [-0.4, -0.2) is 16.9 Å². The molecule has 0 bridgehead atoms. The van der Waals surface area contributed by atoms with E-state index in [1.165, 1.54) is 0 Å². The number of aryl methyl sites for hydroxylation is 1. The van der Waals surface area contributed by atoms with Gasteiger partial charge in [-0.3, -0.25) is 9.59 Å². The van der Waals surface area contributed by atoms with Gasteiger partial charge in [0.15, 0.2) is 5.78 Å². The summed E-state index contributed by atoms with van der Waals surface area (Å²) in [5, 5.41) is 11.1. The van der Waals surface area contributed by atoms with Crippen LogP contribution in [0.15, 0.2) is 54.6 Å². The molecular formula is C32H44O3. The molecule has 0 aromatic heterocycles. The topological polar surface area (TPSA) is 54.4 Å². The average molecular weight is 477 g/mol. The molecule has 190 valence electrons. The Morgan fingerprint density at radius 2 is 1.31 bits per heavy atom. The van der Waals surface area contributed by atoms with Crippen LogP contribution >= 0.6 is 0 Å². The van der Waals surface area contributed by atoms with Crippen LogP contribution in [-0.2, 0) is 4.79 Å². The fourth-order valence-corrected chi connectivity index (χ4v) is 8.69. The summed E-state index contributed by atoms with van der Waals surface area (Å²) in [7, 11) is 0. The second kappa shape index (κ2) is 8.91. The smallest absolute Gasteiger partial charge is 0.310 e. The van der Waals surface area contributed by atoms with Crippen LogP contribution < -0.4 is 0 Å². The van der Waals surface area contributed by atoms with E-state index >= 15 is 0 Å². The Balaban J connectivity index is 2.53. The van der Waals surface area contributed by atoms with Crippen LogP contribution in [0.4, 0.5) is 0 Å². The van der Waals surface area contributed by atoms with Gasteiger partial charge in [0.25, 0.3) is 0 Å². The maximum absolute atomic E-state index is 14.7. The highest BCUT2D eigenvalue weighted by molar-refractivity contribution is 6.02. The van der Waals surface area contributed by atoms with Gasteiger partial charge in [0.2, 0.25) is 0 Å². The van der Waals surface area contributed by atoms with Gasteiger partial charge in [0, 0.05) is 16.9 Å². The number of hydrogen-bond donors (Lipinski definition) is 1. The minimum absolute atomic E-state index is 0.0639. The SMILES string of the molecule is CCC1(C)C(C)(C)C(c2ccc(C)cc2)C(C)(C(=O)O)C(CC)(CC)C1(C)C(=O)c1ccccc1. The van der Waals surface area contributed by atoms with E-state index in [1.807, 2.05) is 37.3 Å². The molecular weight excluding hydrogens is 432 g/mol. The molecule has 4 atom stereocenters. The van der Waals surface area contributed by atoms with E-state index < -0.39 is 33.0 Å². The third kappa shape index (κ3) is 3.22. The average Bonchev–Trinajstić information content (AvgIpc) is 2.84. The van der Waals surface area contributed by atoms with Crippen LogP contribution in [0.25, 0.3) is 0 Å². The molecule has 0 heterocycles. The van der Waals surface area contributed by atoms with E-state index in [0.717, 1.165) is 17.5 Å². The molecule has 3 nitrogen and oxygen atoms in total. The first-order valence-corrected chi connectivity index (χ1v) is 13.2. The second-order valence-corrected chi connectivity index (χ2v) is 11.9. The van der Waals surface area contributed by atoms with Crippen LogP contribution in [0.1, 0.15) is 102 Å². The van der Waals surface area contributed by atoms with Gasteiger partial charge in [-0.1, -0.05) is 109 Å². The van der Waals surface area contributed by atoms with E-state index in [4.69, 9.17) is 0 Å². The van der Waals surface area contributed by atoms with Crippen molar-refractivity contribution < 1.29 is 14.7 Å². The zero-order valence-corrected chi connectivity index (χ0v) is 23.2. The summed E-state index contributed by atoms with van der Waals surface area (Å²) in [6, 6.07) is 17.9. The third-order valence-corrected chi connectivity index (χ3v) is 11.0. The van der Waals surface area contributed by atoms with Crippen molar-refractivity contribution in [2.75, 3.05) is 0 Å². The van der Waals surface area contributed by atoms with Gasteiger partial charge < -0.3 is 5.11 Å². The van der Waals surface area contributed by atoms with Gasteiger partial charge in [0.1, 0.15) is 0 Å². The van der Waals surface area contributed by atoms with Crippen molar-refractivity contribution in [2.24, 2.45) is 27.1 Å². The normalized spacial score (nSPS) is 31.6. The predicted molar refractivity (Wildman–Crippen MR) is 144 cm³/mol. The van der Waals surface area contributed by atoms with Gasteiger partial charge in [-0.05, 0) is 54.9 Å². The van der Waals surface area contributed by atoms with Gasteiger partial charge in [0.05, 0.1) is 5.41 Å². The number of benzene rings is 2. The molecule has 4 unspecified atom stereocenters. The Bertz CT molecular complexity index is 1080. The summed E-state index contributed by atoms with van der Waals surface area (Å²) in [6.45, 7) is 19.1. The van der Waals surface area contributed by atoms with Crippen LogP contribution in [0.5, 0.6) is 0 Å². The lowest BCUT2D eigenvalue weighted by molar-refractivity contribution is -0.243. The summed E-state index contributed by atoms with van der Waals surface area (Å²) in [4.78, 5) is 28.3. The van der Waals surface area contributed by atoms with Gasteiger partial charge in [-0.2, -0.15) is 0 Å². The maximum Gasteiger partial charge on any atom is 0.310 e. The monoisotopic (exact) mass is 476 g/mol. The Morgan fingerprint density at radius 3 is 1.74 bits per heavy atom. The highest BCUT2D eigenvalue weighted by atomic mass is 16.4. The van der Waals surface area contributed by atoms with Gasteiger partial charge in [-0.15, -0.1) is 0 Å². The Labute approximate surface area is 212 Å². The van der Waals surface area contributed by atoms with E-state index in [2.05, 4.69) is 79.7 Å². The molecule has 0 amide bonds. The highest BCUT2D eigenvalue weighted by Crippen LogP contribution is 2.79. The molecule has 1 aliphatic rings. The minimum atomic E-state index is -1.16. The fourth-order valence-electron chi connectivity index (χ4n) is 8.69. The lowest BCUT2D eigenvalue weighted by atomic mass is 9.27. The largest absolute Gasteiger partial charge is 0.481 e. The van der Waals surface area contributed by atoms with Gasteiger partial charge >= 0.3 is 5.97 Å². The van der Waals surface area contributed by atoms with E-state index in [9.17, 15) is 14.7 Å². The van der Waals surface area contributed by atoms with Crippen LogP contribution in [0.3, 0.4) is 0 Å². The Kier molecular flexibility index (Phi) is 6.92. The molecule has 1 N–H and O–H groups in total. The number of carbonyl (C=O) groups is 2. The Hall–Kier alpha value is -2.42. The van der Waals surface area contributed by atoms with Crippen molar-refractivity contribution in [3.8, 4) is 0 Å². The quantitative estimate of drug-likeness (QED) is 0.409. The number of carboxylic acids is 1. The molecule has 3 heteroatoms. The number of hydrogen-bond acceptors (Lipinski definition) is 2. The minimum Gasteiger partial charge on any atom is -0.481 e. The van der Waals surface area contributed by atoms with Crippen LogP contribution in [0, 0.1) is 34.0 Å².